The van der Waals surface area contributed by atoms with E-state index in [0.717, 1.165) is 31.5 Å². The molecule has 2 aliphatic rings. The maximum atomic E-state index is 5.99. The van der Waals surface area contributed by atoms with Crippen molar-refractivity contribution in [3.8, 4) is 0 Å². The first-order valence-electron chi connectivity index (χ1n) is 7.46. The average molecular weight is 272 g/mol. The summed E-state index contributed by atoms with van der Waals surface area (Å²) in [6.45, 7) is 6.85. The van der Waals surface area contributed by atoms with Crippen LogP contribution in [0.5, 0.6) is 0 Å². The lowest BCUT2D eigenvalue weighted by Crippen LogP contribution is -2.35. The summed E-state index contributed by atoms with van der Waals surface area (Å²) in [4.78, 5) is 2.59. The van der Waals surface area contributed by atoms with Gasteiger partial charge in [0.15, 0.2) is 0 Å². The van der Waals surface area contributed by atoms with Crippen LogP contribution in [0.2, 0.25) is 0 Å². The zero-order valence-electron chi connectivity index (χ0n) is 11.7. The Morgan fingerprint density at radius 1 is 1.17 bits per heavy atom. The summed E-state index contributed by atoms with van der Waals surface area (Å²) in [6.07, 6.45) is 9.25. The Labute approximate surface area is 116 Å². The van der Waals surface area contributed by atoms with Gasteiger partial charge in [-0.3, -0.25) is 0 Å². The van der Waals surface area contributed by atoms with Gasteiger partial charge in [0.1, 0.15) is 0 Å². The lowest BCUT2D eigenvalue weighted by molar-refractivity contribution is 0.0206. The zero-order valence-corrected chi connectivity index (χ0v) is 12.5. The number of thioether (sulfide) groups is 1. The SMILES string of the molecule is CSC1CCCN(CCOC2CCNCC2)CC1. The largest absolute Gasteiger partial charge is 0.377 e. The normalized spacial score (nSPS) is 28.2. The van der Waals surface area contributed by atoms with E-state index < -0.39 is 0 Å². The molecule has 1 atom stereocenters. The molecule has 1 unspecified atom stereocenters. The van der Waals surface area contributed by atoms with Gasteiger partial charge in [-0.05, 0) is 64.5 Å². The van der Waals surface area contributed by atoms with Crippen molar-refractivity contribution in [3.63, 3.8) is 0 Å². The number of nitrogens with zero attached hydrogens (tertiary/aromatic N) is 1. The van der Waals surface area contributed by atoms with Crippen molar-refractivity contribution in [2.45, 2.75) is 43.5 Å². The Bertz CT molecular complexity index is 222. The van der Waals surface area contributed by atoms with Crippen LogP contribution < -0.4 is 5.32 Å². The molecule has 3 nitrogen and oxygen atoms in total. The molecule has 2 fully saturated rings. The molecule has 0 aromatic heterocycles. The molecule has 0 amide bonds. The van der Waals surface area contributed by atoms with Crippen LogP contribution >= 0.6 is 11.8 Å². The summed E-state index contributed by atoms with van der Waals surface area (Å²) in [5.41, 5.74) is 0. The van der Waals surface area contributed by atoms with Gasteiger partial charge in [0.05, 0.1) is 12.7 Å². The third kappa shape index (κ3) is 5.08. The van der Waals surface area contributed by atoms with Gasteiger partial charge in [0.25, 0.3) is 0 Å². The van der Waals surface area contributed by atoms with E-state index in [0.29, 0.717) is 6.10 Å². The predicted octanol–water partition coefficient (Wildman–Crippen LogP) is 1.97. The Kier molecular flexibility index (Phi) is 6.84. The summed E-state index contributed by atoms with van der Waals surface area (Å²) in [7, 11) is 0. The first kappa shape index (κ1) is 14.6. The summed E-state index contributed by atoms with van der Waals surface area (Å²) in [5.74, 6) is 0. The Balaban J connectivity index is 1.58. The van der Waals surface area contributed by atoms with Crippen LogP contribution in [0.25, 0.3) is 0 Å². The lowest BCUT2D eigenvalue weighted by atomic mass is 10.1. The number of rotatable bonds is 5. The third-order valence-corrected chi connectivity index (χ3v) is 5.29. The fraction of sp³-hybridized carbons (Fsp3) is 1.00. The maximum Gasteiger partial charge on any atom is 0.0600 e. The molecule has 1 N–H and O–H groups in total. The minimum Gasteiger partial charge on any atom is -0.377 e. The standard InChI is InChI=1S/C14H28N2OS/c1-18-14-3-2-9-16(10-6-14)11-12-17-13-4-7-15-8-5-13/h13-15H,2-12H2,1H3. The smallest absolute Gasteiger partial charge is 0.0600 e. The molecule has 0 bridgehead atoms. The molecule has 106 valence electrons. The molecule has 2 rings (SSSR count). The second kappa shape index (κ2) is 8.41. The van der Waals surface area contributed by atoms with Crippen LogP contribution in [-0.2, 0) is 4.74 Å². The molecular formula is C14H28N2OS. The van der Waals surface area contributed by atoms with Gasteiger partial charge in [-0.15, -0.1) is 0 Å². The molecule has 0 aliphatic carbocycles. The fourth-order valence-corrected chi connectivity index (χ4v) is 3.64. The van der Waals surface area contributed by atoms with Gasteiger partial charge >= 0.3 is 0 Å². The number of ether oxygens (including phenoxy) is 1. The van der Waals surface area contributed by atoms with Crippen molar-refractivity contribution < 1.29 is 4.74 Å². The van der Waals surface area contributed by atoms with E-state index in [4.69, 9.17) is 4.74 Å². The van der Waals surface area contributed by atoms with E-state index in [9.17, 15) is 0 Å². The molecule has 0 radical (unpaired) electrons. The second-order valence-corrected chi connectivity index (χ2v) is 6.59. The van der Waals surface area contributed by atoms with E-state index in [1.54, 1.807) is 0 Å². The van der Waals surface area contributed by atoms with Crippen molar-refractivity contribution >= 4 is 11.8 Å². The minimum absolute atomic E-state index is 0.511. The van der Waals surface area contributed by atoms with E-state index in [-0.39, 0.29) is 0 Å². The van der Waals surface area contributed by atoms with Gasteiger partial charge < -0.3 is 15.0 Å². The predicted molar refractivity (Wildman–Crippen MR) is 79.4 cm³/mol. The van der Waals surface area contributed by atoms with Crippen LogP contribution in [0.3, 0.4) is 0 Å². The number of hydrogen-bond donors (Lipinski definition) is 1. The van der Waals surface area contributed by atoms with Gasteiger partial charge in [0, 0.05) is 11.8 Å². The summed E-state index contributed by atoms with van der Waals surface area (Å²) < 4.78 is 5.99. The van der Waals surface area contributed by atoms with E-state index in [1.165, 1.54) is 45.2 Å². The van der Waals surface area contributed by atoms with Gasteiger partial charge in [-0.1, -0.05) is 0 Å². The number of likely N-dealkylation sites (tertiary alicyclic amines) is 1. The molecule has 4 heteroatoms. The molecule has 18 heavy (non-hydrogen) atoms. The first-order valence-corrected chi connectivity index (χ1v) is 8.75. The number of piperidine rings is 1. The minimum atomic E-state index is 0.511. The molecule has 0 aromatic rings. The van der Waals surface area contributed by atoms with Crippen molar-refractivity contribution in [2.75, 3.05) is 45.6 Å². The third-order valence-electron chi connectivity index (χ3n) is 4.15. The van der Waals surface area contributed by atoms with Crippen molar-refractivity contribution in [1.82, 2.24) is 10.2 Å². The van der Waals surface area contributed by atoms with Gasteiger partial charge in [-0.2, -0.15) is 11.8 Å². The van der Waals surface area contributed by atoms with Crippen LogP contribution in [0, 0.1) is 0 Å². The van der Waals surface area contributed by atoms with E-state index in [1.807, 2.05) is 11.8 Å². The lowest BCUT2D eigenvalue weighted by Gasteiger charge is -2.25. The zero-order chi connectivity index (χ0) is 12.6. The summed E-state index contributed by atoms with van der Waals surface area (Å²) in [6, 6.07) is 0. The van der Waals surface area contributed by atoms with Crippen molar-refractivity contribution in [1.29, 1.82) is 0 Å². The highest BCUT2D eigenvalue weighted by Gasteiger charge is 2.17. The Morgan fingerprint density at radius 2 is 2.00 bits per heavy atom. The first-order chi connectivity index (χ1) is 8.88. The van der Waals surface area contributed by atoms with E-state index >= 15 is 0 Å². The second-order valence-electron chi connectivity index (χ2n) is 5.45. The average Bonchev–Trinajstić information content (AvgIpc) is 2.65. The highest BCUT2D eigenvalue weighted by atomic mass is 32.2. The van der Waals surface area contributed by atoms with Gasteiger partial charge in [-0.25, -0.2) is 0 Å². The Morgan fingerprint density at radius 3 is 2.78 bits per heavy atom. The van der Waals surface area contributed by atoms with Crippen molar-refractivity contribution in [3.05, 3.63) is 0 Å². The maximum absolute atomic E-state index is 5.99. The quantitative estimate of drug-likeness (QED) is 0.827. The van der Waals surface area contributed by atoms with E-state index in [2.05, 4.69) is 16.5 Å². The summed E-state index contributed by atoms with van der Waals surface area (Å²) in [5, 5.41) is 4.27. The Hall–Kier alpha value is 0.230. The number of nitrogens with one attached hydrogen (secondary N) is 1. The van der Waals surface area contributed by atoms with Crippen LogP contribution in [0.1, 0.15) is 32.1 Å². The monoisotopic (exact) mass is 272 g/mol. The molecule has 0 spiro atoms. The molecule has 2 aliphatic heterocycles. The van der Waals surface area contributed by atoms with Crippen molar-refractivity contribution in [2.24, 2.45) is 0 Å². The highest BCUT2D eigenvalue weighted by molar-refractivity contribution is 7.99. The topological polar surface area (TPSA) is 24.5 Å². The molecule has 2 saturated heterocycles. The van der Waals surface area contributed by atoms with Crippen LogP contribution in [0.4, 0.5) is 0 Å². The highest BCUT2D eigenvalue weighted by Crippen LogP contribution is 2.21. The number of hydrogen-bond acceptors (Lipinski definition) is 4. The molecular weight excluding hydrogens is 244 g/mol. The molecule has 2 heterocycles. The molecule has 0 aromatic carbocycles. The van der Waals surface area contributed by atoms with Crippen LogP contribution in [0.15, 0.2) is 0 Å². The van der Waals surface area contributed by atoms with Gasteiger partial charge in [0.2, 0.25) is 0 Å². The fourth-order valence-electron chi connectivity index (χ4n) is 2.90. The van der Waals surface area contributed by atoms with Crippen LogP contribution in [-0.4, -0.2) is 61.8 Å². The summed E-state index contributed by atoms with van der Waals surface area (Å²) >= 11 is 2.04. The molecule has 0 saturated carbocycles.